The predicted octanol–water partition coefficient (Wildman–Crippen LogP) is 7.10. The summed E-state index contributed by atoms with van der Waals surface area (Å²) in [5, 5.41) is 0.594. The molecule has 0 N–H and O–H groups in total. The molecular formula is C28H29F3O5. The molecule has 0 aliphatic carbocycles. The smallest absolute Gasteiger partial charge is 0.416 e. The van der Waals surface area contributed by atoms with E-state index in [9.17, 15) is 22.8 Å². The summed E-state index contributed by atoms with van der Waals surface area (Å²) < 4.78 is 56.4. The third-order valence-corrected chi connectivity index (χ3v) is 5.60. The van der Waals surface area contributed by atoms with Crippen LogP contribution >= 0.6 is 0 Å². The molecule has 3 rings (SSSR count). The van der Waals surface area contributed by atoms with Gasteiger partial charge in [-0.05, 0) is 75.6 Å². The highest BCUT2D eigenvalue weighted by Gasteiger charge is 2.33. The van der Waals surface area contributed by atoms with Crippen LogP contribution < -0.4 is 10.4 Å². The van der Waals surface area contributed by atoms with E-state index in [2.05, 4.69) is 6.58 Å². The second-order valence-electron chi connectivity index (χ2n) is 9.79. The van der Waals surface area contributed by atoms with Crippen molar-refractivity contribution < 1.29 is 31.9 Å². The van der Waals surface area contributed by atoms with E-state index in [1.165, 1.54) is 6.07 Å². The SMILES string of the molecule is C=CC(=O)OC(C)(C)CC(C)(C)Oc1ccc2cc(-c3ccc(C(F)(F)F)cc3CC)c(=O)oc2c1. The molecule has 0 radical (unpaired) electrons. The number of carbonyl (C=O) groups excluding carboxylic acids is 1. The minimum atomic E-state index is -4.47. The van der Waals surface area contributed by atoms with E-state index < -0.39 is 34.5 Å². The molecule has 36 heavy (non-hydrogen) atoms. The standard InChI is InChI=1S/C28H29F3O5/c1-7-17-13-19(28(29,30)31)10-12-21(17)22-14-18-9-11-20(15-23(18)34-25(22)33)35-26(3,4)16-27(5,6)36-24(32)8-2/h8-15H,2,7,16H2,1,3-6H3. The van der Waals surface area contributed by atoms with Crippen molar-refractivity contribution in [3.8, 4) is 16.9 Å². The average molecular weight is 503 g/mol. The topological polar surface area (TPSA) is 65.7 Å². The predicted molar refractivity (Wildman–Crippen MR) is 132 cm³/mol. The normalized spacial score (nSPS) is 12.4. The van der Waals surface area contributed by atoms with E-state index in [1.807, 2.05) is 13.8 Å². The van der Waals surface area contributed by atoms with E-state index in [0.29, 0.717) is 35.1 Å². The first-order valence-electron chi connectivity index (χ1n) is 11.5. The number of aryl methyl sites for hydroxylation is 1. The lowest BCUT2D eigenvalue weighted by Crippen LogP contribution is -2.40. The number of esters is 1. The second-order valence-corrected chi connectivity index (χ2v) is 9.79. The molecule has 3 aromatic rings. The minimum absolute atomic E-state index is 0.188. The number of hydrogen-bond acceptors (Lipinski definition) is 5. The van der Waals surface area contributed by atoms with Crippen LogP contribution in [0.1, 0.15) is 52.2 Å². The number of ether oxygens (including phenoxy) is 2. The van der Waals surface area contributed by atoms with Crippen LogP contribution in [0, 0.1) is 0 Å². The van der Waals surface area contributed by atoms with Crippen molar-refractivity contribution >= 4 is 16.9 Å². The van der Waals surface area contributed by atoms with Gasteiger partial charge in [0, 0.05) is 23.9 Å². The average Bonchev–Trinajstić information content (AvgIpc) is 2.76. The Hall–Kier alpha value is -3.55. The third-order valence-electron chi connectivity index (χ3n) is 5.60. The number of hydrogen-bond donors (Lipinski definition) is 0. The zero-order valence-electron chi connectivity index (χ0n) is 20.9. The molecule has 0 saturated heterocycles. The number of benzene rings is 2. The quantitative estimate of drug-likeness (QED) is 0.187. The van der Waals surface area contributed by atoms with Gasteiger partial charge >= 0.3 is 17.8 Å². The van der Waals surface area contributed by atoms with Crippen molar-refractivity contribution in [2.45, 2.75) is 64.8 Å². The summed E-state index contributed by atoms with van der Waals surface area (Å²) in [7, 11) is 0. The molecular weight excluding hydrogens is 473 g/mol. The highest BCUT2D eigenvalue weighted by Crippen LogP contribution is 2.34. The molecule has 8 heteroatoms. The van der Waals surface area contributed by atoms with E-state index >= 15 is 0 Å². The molecule has 0 bridgehead atoms. The highest BCUT2D eigenvalue weighted by atomic mass is 19.4. The fraction of sp³-hybridized carbons (Fsp3) is 0.357. The van der Waals surface area contributed by atoms with Crippen LogP contribution in [-0.2, 0) is 22.1 Å². The molecule has 0 amide bonds. The van der Waals surface area contributed by atoms with Crippen molar-refractivity contribution in [2.75, 3.05) is 0 Å². The maximum absolute atomic E-state index is 13.1. The Labute approximate surface area is 207 Å². The lowest BCUT2D eigenvalue weighted by Gasteiger charge is -2.34. The lowest BCUT2D eigenvalue weighted by atomic mass is 9.92. The fourth-order valence-corrected chi connectivity index (χ4v) is 4.40. The van der Waals surface area contributed by atoms with E-state index in [0.717, 1.165) is 18.2 Å². The van der Waals surface area contributed by atoms with Crippen LogP contribution in [0.4, 0.5) is 13.2 Å². The Morgan fingerprint density at radius 3 is 2.31 bits per heavy atom. The molecule has 0 saturated carbocycles. The number of fused-ring (bicyclic) bond motifs is 1. The zero-order chi connectivity index (χ0) is 26.9. The van der Waals surface area contributed by atoms with Crippen LogP contribution in [0.15, 0.2) is 64.3 Å². The van der Waals surface area contributed by atoms with Gasteiger partial charge in [-0.1, -0.05) is 19.6 Å². The van der Waals surface area contributed by atoms with Crippen molar-refractivity contribution in [1.82, 2.24) is 0 Å². The highest BCUT2D eigenvalue weighted by molar-refractivity contribution is 5.83. The Morgan fingerprint density at radius 1 is 1.00 bits per heavy atom. The Balaban J connectivity index is 1.92. The van der Waals surface area contributed by atoms with Gasteiger partial charge in [-0.25, -0.2) is 9.59 Å². The third kappa shape index (κ3) is 6.36. The maximum atomic E-state index is 13.1. The molecule has 0 spiro atoms. The van der Waals surface area contributed by atoms with Crippen molar-refractivity contribution in [3.05, 3.63) is 76.7 Å². The van der Waals surface area contributed by atoms with Gasteiger partial charge in [0.25, 0.3) is 0 Å². The van der Waals surface area contributed by atoms with E-state index in [1.54, 1.807) is 45.0 Å². The second kappa shape index (κ2) is 9.84. The van der Waals surface area contributed by atoms with Gasteiger partial charge < -0.3 is 13.9 Å². The molecule has 0 unspecified atom stereocenters. The van der Waals surface area contributed by atoms with Gasteiger partial charge in [-0.2, -0.15) is 13.2 Å². The van der Waals surface area contributed by atoms with Gasteiger partial charge in [0.15, 0.2) is 0 Å². The molecule has 5 nitrogen and oxygen atoms in total. The van der Waals surface area contributed by atoms with Crippen molar-refractivity contribution in [3.63, 3.8) is 0 Å². The molecule has 0 aliphatic rings. The monoisotopic (exact) mass is 502 g/mol. The Morgan fingerprint density at radius 2 is 1.69 bits per heavy atom. The van der Waals surface area contributed by atoms with Crippen molar-refractivity contribution in [2.24, 2.45) is 0 Å². The summed E-state index contributed by atoms with van der Waals surface area (Å²) in [4.78, 5) is 24.4. The molecule has 1 aromatic heterocycles. The summed E-state index contributed by atoms with van der Waals surface area (Å²) in [5.41, 5.74) is -1.71. The van der Waals surface area contributed by atoms with Crippen LogP contribution in [0.25, 0.3) is 22.1 Å². The van der Waals surface area contributed by atoms with Crippen LogP contribution in [0.3, 0.4) is 0 Å². The zero-order valence-corrected chi connectivity index (χ0v) is 20.9. The molecule has 1 heterocycles. The Kier molecular flexibility index (Phi) is 7.39. The van der Waals surface area contributed by atoms with E-state index in [4.69, 9.17) is 13.9 Å². The van der Waals surface area contributed by atoms with Gasteiger partial charge in [-0.15, -0.1) is 0 Å². The number of rotatable bonds is 8. The summed E-state index contributed by atoms with van der Waals surface area (Å²) >= 11 is 0. The van der Waals surface area contributed by atoms with E-state index in [-0.39, 0.29) is 11.1 Å². The first-order chi connectivity index (χ1) is 16.6. The first-order valence-corrected chi connectivity index (χ1v) is 11.5. The van der Waals surface area contributed by atoms with Crippen molar-refractivity contribution in [1.29, 1.82) is 0 Å². The molecule has 0 atom stereocenters. The van der Waals surface area contributed by atoms with Gasteiger partial charge in [0.05, 0.1) is 11.1 Å². The summed E-state index contributed by atoms with van der Waals surface area (Å²) in [5.74, 6) is -0.0867. The van der Waals surface area contributed by atoms with Gasteiger partial charge in [-0.3, -0.25) is 0 Å². The molecule has 2 aromatic carbocycles. The molecule has 0 fully saturated rings. The maximum Gasteiger partial charge on any atom is 0.416 e. The molecule has 192 valence electrons. The fourth-order valence-electron chi connectivity index (χ4n) is 4.40. The Bertz CT molecular complexity index is 1350. The number of alkyl halides is 3. The van der Waals surface area contributed by atoms with Crippen LogP contribution in [0.2, 0.25) is 0 Å². The van der Waals surface area contributed by atoms with Gasteiger partial charge in [0.1, 0.15) is 22.5 Å². The van der Waals surface area contributed by atoms with Gasteiger partial charge in [0.2, 0.25) is 0 Å². The minimum Gasteiger partial charge on any atom is -0.488 e. The molecule has 0 aliphatic heterocycles. The first kappa shape index (κ1) is 27.0. The number of carbonyl (C=O) groups is 1. The summed E-state index contributed by atoms with van der Waals surface area (Å²) in [6.07, 6.45) is -2.68. The van der Waals surface area contributed by atoms with Crippen LogP contribution in [-0.4, -0.2) is 17.2 Å². The largest absolute Gasteiger partial charge is 0.488 e. The lowest BCUT2D eigenvalue weighted by molar-refractivity contribution is -0.154. The summed E-state index contributed by atoms with van der Waals surface area (Å²) in [6, 6.07) is 9.95. The number of halogens is 3. The summed E-state index contributed by atoms with van der Waals surface area (Å²) in [6.45, 7) is 12.4. The van der Waals surface area contributed by atoms with Crippen LogP contribution in [0.5, 0.6) is 5.75 Å².